The minimum absolute atomic E-state index is 0.623. The monoisotopic (exact) mass is 292 g/mol. The Hall–Kier alpha value is -1.17. The number of rotatable bonds is 4. The Morgan fingerprint density at radius 2 is 2.05 bits per heavy atom. The summed E-state index contributed by atoms with van der Waals surface area (Å²) in [5.41, 5.74) is 2.22. The molecule has 0 saturated carbocycles. The molecule has 3 rings (SSSR count). The van der Waals surface area contributed by atoms with Gasteiger partial charge in [-0.05, 0) is 13.1 Å². The van der Waals surface area contributed by atoms with Crippen LogP contribution in [0.4, 0.5) is 0 Å². The van der Waals surface area contributed by atoms with Crippen molar-refractivity contribution >= 4 is 21.8 Å². The Balaban J connectivity index is 1.88. The highest BCUT2D eigenvalue weighted by atomic mass is 32.2. The summed E-state index contributed by atoms with van der Waals surface area (Å²) in [6.45, 7) is 3.44. The van der Waals surface area contributed by atoms with E-state index in [1.807, 2.05) is 19.2 Å². The fourth-order valence-electron chi connectivity index (χ4n) is 2.68. The van der Waals surface area contributed by atoms with Crippen molar-refractivity contribution < 1.29 is 8.63 Å². The van der Waals surface area contributed by atoms with Crippen molar-refractivity contribution in [1.29, 1.82) is 0 Å². The van der Waals surface area contributed by atoms with Gasteiger partial charge in [-0.3, -0.25) is 9.11 Å². The summed E-state index contributed by atoms with van der Waals surface area (Å²) in [6, 6.07) is 8.19. The molecule has 1 aromatic heterocycles. The molecule has 0 amide bonds. The molecular weight excluding hydrogens is 272 g/mol. The van der Waals surface area contributed by atoms with Gasteiger partial charge in [-0.15, -0.1) is 0 Å². The molecule has 1 aliphatic rings. The normalized spacial score (nSPS) is 17.9. The minimum Gasteiger partial charge on any atom is -0.459 e. The maximum absolute atomic E-state index is 11.4. The second-order valence-electron chi connectivity index (χ2n) is 5.15. The topological polar surface area (TPSA) is 45.5 Å². The van der Waals surface area contributed by atoms with E-state index in [0.717, 1.165) is 49.0 Å². The lowest BCUT2D eigenvalue weighted by molar-refractivity contribution is 0.289. The van der Waals surface area contributed by atoms with Crippen LogP contribution in [0.15, 0.2) is 28.7 Å². The summed E-state index contributed by atoms with van der Waals surface area (Å²) in [7, 11) is 1.31. The average molecular weight is 292 g/mol. The van der Waals surface area contributed by atoms with Crippen LogP contribution in [0.5, 0.6) is 0 Å². The Kier molecular flexibility index (Phi) is 4.19. The van der Waals surface area contributed by atoms with Gasteiger partial charge in [0.25, 0.3) is 0 Å². The van der Waals surface area contributed by atoms with Gasteiger partial charge in [-0.25, -0.2) is 0 Å². The van der Waals surface area contributed by atoms with Crippen LogP contribution in [0.3, 0.4) is 0 Å². The summed E-state index contributed by atoms with van der Waals surface area (Å²) >= 11 is 0. The molecule has 1 saturated heterocycles. The minimum atomic E-state index is -0.623. The maximum atomic E-state index is 11.4. The standard InChI is InChI=1S/C15H20N2O2S/c1-16-10-15-13(11-17-6-8-20(18)9-7-17)12-4-2-3-5-14(12)19-15/h2-5,16H,6-11H2,1H3. The zero-order valence-corrected chi connectivity index (χ0v) is 12.5. The summed E-state index contributed by atoms with van der Waals surface area (Å²) in [5, 5.41) is 4.37. The predicted octanol–water partition coefficient (Wildman–Crippen LogP) is 1.72. The molecule has 0 radical (unpaired) electrons. The van der Waals surface area contributed by atoms with Gasteiger partial charge in [0.2, 0.25) is 0 Å². The van der Waals surface area contributed by atoms with Gasteiger partial charge in [0.15, 0.2) is 0 Å². The number of para-hydroxylation sites is 1. The smallest absolute Gasteiger partial charge is 0.134 e. The molecule has 1 aromatic carbocycles. The maximum Gasteiger partial charge on any atom is 0.134 e. The molecule has 4 nitrogen and oxygen atoms in total. The fraction of sp³-hybridized carbons (Fsp3) is 0.467. The van der Waals surface area contributed by atoms with Crippen molar-refractivity contribution in [2.45, 2.75) is 13.1 Å². The molecule has 20 heavy (non-hydrogen) atoms. The fourth-order valence-corrected chi connectivity index (χ4v) is 3.81. The number of hydrogen-bond acceptors (Lipinski definition) is 4. The number of benzene rings is 1. The van der Waals surface area contributed by atoms with Gasteiger partial charge in [0.05, 0.1) is 6.54 Å². The molecule has 0 spiro atoms. The molecule has 1 N–H and O–H groups in total. The third kappa shape index (κ3) is 2.80. The van der Waals surface area contributed by atoms with E-state index in [1.54, 1.807) is 0 Å². The van der Waals surface area contributed by atoms with E-state index < -0.39 is 10.8 Å². The van der Waals surface area contributed by atoms with Crippen molar-refractivity contribution in [3.63, 3.8) is 0 Å². The zero-order chi connectivity index (χ0) is 13.9. The lowest BCUT2D eigenvalue weighted by atomic mass is 10.1. The van der Waals surface area contributed by atoms with Crippen molar-refractivity contribution in [1.82, 2.24) is 10.2 Å². The largest absolute Gasteiger partial charge is 0.459 e. The first kappa shape index (κ1) is 13.8. The molecule has 0 atom stereocenters. The van der Waals surface area contributed by atoms with Crippen LogP contribution >= 0.6 is 0 Å². The number of nitrogens with zero attached hydrogens (tertiary/aromatic N) is 1. The summed E-state index contributed by atoms with van der Waals surface area (Å²) < 4.78 is 17.4. The first-order chi connectivity index (χ1) is 9.78. The van der Waals surface area contributed by atoms with E-state index in [0.29, 0.717) is 0 Å². The van der Waals surface area contributed by atoms with E-state index in [2.05, 4.69) is 22.3 Å². The predicted molar refractivity (Wildman–Crippen MR) is 82.1 cm³/mol. The van der Waals surface area contributed by atoms with E-state index in [-0.39, 0.29) is 0 Å². The first-order valence-electron chi connectivity index (χ1n) is 6.99. The molecule has 1 aliphatic heterocycles. The highest BCUT2D eigenvalue weighted by Crippen LogP contribution is 2.27. The number of nitrogens with one attached hydrogen (secondary N) is 1. The van der Waals surface area contributed by atoms with Gasteiger partial charge >= 0.3 is 0 Å². The highest BCUT2D eigenvalue weighted by Gasteiger charge is 2.20. The zero-order valence-electron chi connectivity index (χ0n) is 11.7. The van der Waals surface area contributed by atoms with Crippen LogP contribution in [0.25, 0.3) is 11.0 Å². The Morgan fingerprint density at radius 3 is 2.80 bits per heavy atom. The van der Waals surface area contributed by atoms with Crippen molar-refractivity contribution in [2.24, 2.45) is 0 Å². The third-order valence-electron chi connectivity index (χ3n) is 3.77. The van der Waals surface area contributed by atoms with Gasteiger partial charge < -0.3 is 9.73 Å². The van der Waals surface area contributed by atoms with E-state index >= 15 is 0 Å². The van der Waals surface area contributed by atoms with Gasteiger partial charge in [-0.2, -0.15) is 0 Å². The first-order valence-corrected chi connectivity index (χ1v) is 8.48. The van der Waals surface area contributed by atoms with Crippen LogP contribution in [-0.2, 0) is 23.9 Å². The number of hydrogen-bond donors (Lipinski definition) is 1. The Labute approximate surface area is 121 Å². The molecule has 2 heterocycles. The molecular formula is C15H20N2O2S. The molecule has 0 aliphatic carbocycles. The average Bonchev–Trinajstić information content (AvgIpc) is 2.80. The quantitative estimate of drug-likeness (QED) is 0.932. The molecule has 2 aromatic rings. The van der Waals surface area contributed by atoms with E-state index in [1.165, 1.54) is 10.9 Å². The van der Waals surface area contributed by atoms with Crippen LogP contribution in [0.1, 0.15) is 11.3 Å². The van der Waals surface area contributed by atoms with Crippen LogP contribution in [-0.4, -0.2) is 40.8 Å². The Bertz CT molecular complexity index is 613. The molecule has 108 valence electrons. The number of furan rings is 1. The van der Waals surface area contributed by atoms with E-state index in [9.17, 15) is 4.21 Å². The second kappa shape index (κ2) is 6.08. The lowest BCUT2D eigenvalue weighted by Gasteiger charge is -2.26. The second-order valence-corrected chi connectivity index (χ2v) is 6.85. The van der Waals surface area contributed by atoms with Gasteiger partial charge in [-0.1, -0.05) is 18.2 Å². The molecule has 5 heteroatoms. The van der Waals surface area contributed by atoms with Gasteiger partial charge in [0, 0.05) is 52.9 Å². The van der Waals surface area contributed by atoms with Crippen LogP contribution in [0.2, 0.25) is 0 Å². The van der Waals surface area contributed by atoms with Crippen molar-refractivity contribution in [3.05, 3.63) is 35.6 Å². The highest BCUT2D eigenvalue weighted by molar-refractivity contribution is 7.85. The van der Waals surface area contributed by atoms with Crippen LogP contribution < -0.4 is 5.32 Å². The number of fused-ring (bicyclic) bond motifs is 1. The molecule has 0 bridgehead atoms. The Morgan fingerprint density at radius 1 is 1.30 bits per heavy atom. The SMILES string of the molecule is CNCc1oc2ccccc2c1CN1CCS(=O)CC1. The van der Waals surface area contributed by atoms with Crippen LogP contribution in [0, 0.1) is 0 Å². The van der Waals surface area contributed by atoms with Gasteiger partial charge in [0.1, 0.15) is 11.3 Å². The summed E-state index contributed by atoms with van der Waals surface area (Å²) in [6.07, 6.45) is 0. The summed E-state index contributed by atoms with van der Waals surface area (Å²) in [4.78, 5) is 2.37. The van der Waals surface area contributed by atoms with E-state index in [4.69, 9.17) is 4.42 Å². The molecule has 1 fully saturated rings. The summed E-state index contributed by atoms with van der Waals surface area (Å²) in [5.74, 6) is 2.59. The van der Waals surface area contributed by atoms with Crippen molar-refractivity contribution in [2.75, 3.05) is 31.6 Å². The molecule has 0 unspecified atom stereocenters. The lowest BCUT2D eigenvalue weighted by Crippen LogP contribution is -2.37. The third-order valence-corrected chi connectivity index (χ3v) is 5.05. The van der Waals surface area contributed by atoms with Crippen molar-refractivity contribution in [3.8, 4) is 0 Å².